The Labute approximate surface area is 138 Å². The van der Waals surface area contributed by atoms with Crippen molar-refractivity contribution < 1.29 is 13.2 Å². The first-order valence-electron chi connectivity index (χ1n) is 7.53. The standard InChI is InChI=1S/C15H22N2O3S.ClH/c18-21(19,11-15-3-1-2-6-20-15)17-8-12-4-5-13-9-16-10-14(13)7-12;/h4-5,7,15-17H,1-3,6,8-11H2;1H. The zero-order valence-electron chi connectivity index (χ0n) is 12.5. The molecule has 7 heteroatoms. The van der Waals surface area contributed by atoms with E-state index in [0.29, 0.717) is 13.2 Å². The molecule has 2 aliphatic rings. The molecule has 1 saturated heterocycles. The highest BCUT2D eigenvalue weighted by molar-refractivity contribution is 7.89. The molecule has 0 amide bonds. The van der Waals surface area contributed by atoms with E-state index in [4.69, 9.17) is 4.74 Å². The Morgan fingerprint density at radius 1 is 1.23 bits per heavy atom. The highest BCUT2D eigenvalue weighted by Crippen LogP contribution is 2.17. The van der Waals surface area contributed by atoms with Gasteiger partial charge in [-0.2, -0.15) is 0 Å². The number of rotatable bonds is 5. The largest absolute Gasteiger partial charge is 0.377 e. The number of sulfonamides is 1. The molecule has 0 saturated carbocycles. The van der Waals surface area contributed by atoms with Crippen LogP contribution in [0.4, 0.5) is 0 Å². The number of fused-ring (bicyclic) bond motifs is 1. The summed E-state index contributed by atoms with van der Waals surface area (Å²) in [5.74, 6) is 0.0689. The lowest BCUT2D eigenvalue weighted by Crippen LogP contribution is -2.34. The van der Waals surface area contributed by atoms with Crippen LogP contribution >= 0.6 is 12.4 Å². The van der Waals surface area contributed by atoms with E-state index in [1.165, 1.54) is 11.1 Å². The zero-order valence-corrected chi connectivity index (χ0v) is 14.1. The van der Waals surface area contributed by atoms with Gasteiger partial charge in [-0.1, -0.05) is 18.2 Å². The topological polar surface area (TPSA) is 67.4 Å². The SMILES string of the molecule is Cl.O=S(=O)(CC1CCCCO1)NCc1ccc2c(c1)CNC2. The molecule has 0 bridgehead atoms. The van der Waals surface area contributed by atoms with Crippen molar-refractivity contribution in [2.75, 3.05) is 12.4 Å². The van der Waals surface area contributed by atoms with Crippen LogP contribution in [0.2, 0.25) is 0 Å². The number of halogens is 1. The molecule has 5 nitrogen and oxygen atoms in total. The van der Waals surface area contributed by atoms with E-state index < -0.39 is 10.0 Å². The minimum atomic E-state index is -3.28. The van der Waals surface area contributed by atoms with Crippen molar-refractivity contribution in [3.63, 3.8) is 0 Å². The quantitative estimate of drug-likeness (QED) is 0.851. The van der Waals surface area contributed by atoms with Gasteiger partial charge >= 0.3 is 0 Å². The Bertz CT molecular complexity index is 601. The molecule has 2 aliphatic heterocycles. The van der Waals surface area contributed by atoms with Crippen molar-refractivity contribution in [3.8, 4) is 0 Å². The molecule has 22 heavy (non-hydrogen) atoms. The van der Waals surface area contributed by atoms with E-state index >= 15 is 0 Å². The van der Waals surface area contributed by atoms with Crippen LogP contribution in [0.25, 0.3) is 0 Å². The second kappa shape index (κ2) is 7.75. The summed E-state index contributed by atoms with van der Waals surface area (Å²) in [4.78, 5) is 0. The summed E-state index contributed by atoms with van der Waals surface area (Å²) in [5.41, 5.74) is 3.57. The van der Waals surface area contributed by atoms with Gasteiger partial charge in [0.05, 0.1) is 11.9 Å². The number of benzene rings is 1. The maximum Gasteiger partial charge on any atom is 0.214 e. The fraction of sp³-hybridized carbons (Fsp3) is 0.600. The molecular weight excluding hydrogens is 324 g/mol. The van der Waals surface area contributed by atoms with Crippen LogP contribution in [0.15, 0.2) is 18.2 Å². The van der Waals surface area contributed by atoms with E-state index in [1.54, 1.807) is 0 Å². The first kappa shape index (κ1) is 17.7. The van der Waals surface area contributed by atoms with Crippen molar-refractivity contribution in [3.05, 3.63) is 34.9 Å². The van der Waals surface area contributed by atoms with Crippen LogP contribution < -0.4 is 10.0 Å². The van der Waals surface area contributed by atoms with Crippen molar-refractivity contribution in [1.29, 1.82) is 0 Å². The third kappa shape index (κ3) is 4.67. The molecule has 1 fully saturated rings. The third-order valence-electron chi connectivity index (χ3n) is 4.08. The predicted octanol–water partition coefficient (Wildman–Crippen LogP) is 1.70. The van der Waals surface area contributed by atoms with Crippen LogP contribution in [-0.4, -0.2) is 26.9 Å². The van der Waals surface area contributed by atoms with E-state index in [9.17, 15) is 8.42 Å². The molecule has 0 spiro atoms. The summed E-state index contributed by atoms with van der Waals surface area (Å²) in [6.45, 7) is 2.80. The molecule has 3 rings (SSSR count). The van der Waals surface area contributed by atoms with Gasteiger partial charge in [-0.05, 0) is 36.0 Å². The lowest BCUT2D eigenvalue weighted by molar-refractivity contribution is 0.0304. The molecule has 0 radical (unpaired) electrons. The lowest BCUT2D eigenvalue weighted by Gasteiger charge is -2.22. The number of hydrogen-bond acceptors (Lipinski definition) is 4. The second-order valence-electron chi connectivity index (χ2n) is 5.80. The van der Waals surface area contributed by atoms with E-state index in [2.05, 4.69) is 22.2 Å². The lowest BCUT2D eigenvalue weighted by atomic mass is 10.1. The van der Waals surface area contributed by atoms with Gasteiger partial charge in [-0.3, -0.25) is 0 Å². The van der Waals surface area contributed by atoms with Gasteiger partial charge in [0.25, 0.3) is 0 Å². The van der Waals surface area contributed by atoms with E-state index in [0.717, 1.165) is 37.9 Å². The van der Waals surface area contributed by atoms with Crippen LogP contribution in [0.1, 0.15) is 36.0 Å². The molecule has 124 valence electrons. The van der Waals surface area contributed by atoms with Gasteiger partial charge in [-0.25, -0.2) is 13.1 Å². The fourth-order valence-electron chi connectivity index (χ4n) is 2.89. The Morgan fingerprint density at radius 2 is 2.05 bits per heavy atom. The molecule has 0 aliphatic carbocycles. The Balaban J connectivity index is 0.00000176. The molecule has 1 aromatic carbocycles. The van der Waals surface area contributed by atoms with Gasteiger partial charge in [0.1, 0.15) is 0 Å². The van der Waals surface area contributed by atoms with Crippen molar-refractivity contribution in [1.82, 2.24) is 10.0 Å². The van der Waals surface area contributed by atoms with Gasteiger partial charge < -0.3 is 10.1 Å². The van der Waals surface area contributed by atoms with Crippen molar-refractivity contribution in [2.45, 2.75) is 45.0 Å². The van der Waals surface area contributed by atoms with Crippen LogP contribution in [0.3, 0.4) is 0 Å². The van der Waals surface area contributed by atoms with Gasteiger partial charge in [0.15, 0.2) is 0 Å². The normalized spacial score (nSPS) is 21.2. The van der Waals surface area contributed by atoms with Crippen LogP contribution in [0.5, 0.6) is 0 Å². The molecule has 1 unspecified atom stereocenters. The molecule has 1 atom stereocenters. The average Bonchev–Trinajstić information content (AvgIpc) is 2.93. The van der Waals surface area contributed by atoms with Crippen LogP contribution in [0, 0.1) is 0 Å². The Hall–Kier alpha value is -0.660. The minimum absolute atomic E-state index is 0. The summed E-state index contributed by atoms with van der Waals surface area (Å²) in [6, 6.07) is 6.14. The maximum atomic E-state index is 12.1. The monoisotopic (exact) mass is 346 g/mol. The second-order valence-corrected chi connectivity index (χ2v) is 7.65. The Kier molecular flexibility index (Phi) is 6.23. The summed E-state index contributed by atoms with van der Waals surface area (Å²) in [7, 11) is -3.28. The minimum Gasteiger partial charge on any atom is -0.377 e. The summed E-state index contributed by atoms with van der Waals surface area (Å²) < 4.78 is 32.4. The molecule has 0 aromatic heterocycles. The molecular formula is C15H23ClN2O3S. The smallest absolute Gasteiger partial charge is 0.214 e. The zero-order chi connectivity index (χ0) is 14.7. The Morgan fingerprint density at radius 3 is 2.82 bits per heavy atom. The first-order valence-corrected chi connectivity index (χ1v) is 9.18. The van der Waals surface area contributed by atoms with Gasteiger partial charge in [0.2, 0.25) is 10.0 Å². The number of hydrogen-bond donors (Lipinski definition) is 2. The molecule has 2 N–H and O–H groups in total. The fourth-order valence-corrected chi connectivity index (χ4v) is 4.15. The predicted molar refractivity (Wildman–Crippen MR) is 88.5 cm³/mol. The highest BCUT2D eigenvalue weighted by atomic mass is 35.5. The summed E-state index contributed by atoms with van der Waals surface area (Å²) >= 11 is 0. The molecule has 1 aromatic rings. The van der Waals surface area contributed by atoms with E-state index in [-0.39, 0.29) is 24.3 Å². The first-order chi connectivity index (χ1) is 10.1. The summed E-state index contributed by atoms with van der Waals surface area (Å²) in [6.07, 6.45) is 2.77. The number of nitrogens with one attached hydrogen (secondary N) is 2. The third-order valence-corrected chi connectivity index (χ3v) is 5.47. The number of ether oxygens (including phenoxy) is 1. The van der Waals surface area contributed by atoms with E-state index in [1.807, 2.05) is 6.07 Å². The van der Waals surface area contributed by atoms with Gasteiger partial charge in [0, 0.05) is 26.2 Å². The van der Waals surface area contributed by atoms with Crippen molar-refractivity contribution in [2.24, 2.45) is 0 Å². The molecule has 2 heterocycles. The maximum absolute atomic E-state index is 12.1. The average molecular weight is 347 g/mol. The van der Waals surface area contributed by atoms with Crippen molar-refractivity contribution >= 4 is 22.4 Å². The summed E-state index contributed by atoms with van der Waals surface area (Å²) in [5, 5.41) is 3.29. The highest BCUT2D eigenvalue weighted by Gasteiger charge is 2.21. The van der Waals surface area contributed by atoms with Gasteiger partial charge in [-0.15, -0.1) is 12.4 Å². The van der Waals surface area contributed by atoms with Crippen LogP contribution in [-0.2, 0) is 34.4 Å².